The molecule has 5 nitrogen and oxygen atoms in total. The fraction of sp³-hybridized carbons (Fsp3) is 0.462. The zero-order valence-electron chi connectivity index (χ0n) is 11.3. The van der Waals surface area contributed by atoms with Crippen molar-refractivity contribution >= 4 is 15.6 Å². The summed E-state index contributed by atoms with van der Waals surface area (Å²) in [5.74, 6) is 0.996. The summed E-state index contributed by atoms with van der Waals surface area (Å²) < 4.78 is 32.5. The molecule has 1 aromatic carbocycles. The largest absolute Gasteiger partial charge is 0.493 e. The zero-order chi connectivity index (χ0) is 14.5. The second-order valence-electron chi connectivity index (χ2n) is 4.25. The van der Waals surface area contributed by atoms with Crippen molar-refractivity contribution in [2.75, 3.05) is 25.7 Å². The number of benzene rings is 1. The van der Waals surface area contributed by atoms with E-state index in [1.165, 1.54) is 20.3 Å². The highest BCUT2D eigenvalue weighted by Gasteiger charge is 2.09. The van der Waals surface area contributed by atoms with E-state index in [9.17, 15) is 13.2 Å². The van der Waals surface area contributed by atoms with Gasteiger partial charge in [0.1, 0.15) is 9.84 Å². The van der Waals surface area contributed by atoms with Crippen LogP contribution in [0.3, 0.4) is 0 Å². The van der Waals surface area contributed by atoms with Crippen molar-refractivity contribution in [1.29, 1.82) is 0 Å². The fourth-order valence-electron chi connectivity index (χ4n) is 1.51. The number of carbonyl (C=O) groups excluding carboxylic acids is 1. The van der Waals surface area contributed by atoms with Crippen molar-refractivity contribution in [3.63, 3.8) is 0 Å². The van der Waals surface area contributed by atoms with Gasteiger partial charge in [-0.15, -0.1) is 0 Å². The molecule has 0 spiro atoms. The molecule has 0 bridgehead atoms. The molecule has 0 saturated heterocycles. The second kappa shape index (κ2) is 6.56. The van der Waals surface area contributed by atoms with Crippen molar-refractivity contribution in [1.82, 2.24) is 0 Å². The van der Waals surface area contributed by atoms with E-state index in [-0.39, 0.29) is 18.1 Å². The highest BCUT2D eigenvalue weighted by Crippen LogP contribution is 2.28. The molecule has 0 aliphatic carbocycles. The van der Waals surface area contributed by atoms with Crippen LogP contribution in [0.5, 0.6) is 11.5 Å². The summed E-state index contributed by atoms with van der Waals surface area (Å²) in [4.78, 5) is 11.2. The number of sulfone groups is 1. The average Bonchev–Trinajstić information content (AvgIpc) is 2.33. The van der Waals surface area contributed by atoms with Gasteiger partial charge in [-0.25, -0.2) is 8.42 Å². The Labute approximate surface area is 113 Å². The van der Waals surface area contributed by atoms with Gasteiger partial charge in [-0.3, -0.25) is 4.79 Å². The van der Waals surface area contributed by atoms with Crippen molar-refractivity contribution in [2.24, 2.45) is 0 Å². The topological polar surface area (TPSA) is 69.7 Å². The number of ether oxygens (including phenoxy) is 2. The maximum Gasteiger partial charge on any atom is 0.161 e. The molecule has 0 saturated carbocycles. The quantitative estimate of drug-likeness (QED) is 0.564. The van der Waals surface area contributed by atoms with E-state index in [2.05, 4.69) is 0 Å². The van der Waals surface area contributed by atoms with E-state index in [0.717, 1.165) is 0 Å². The van der Waals surface area contributed by atoms with Crippen LogP contribution in [0.4, 0.5) is 0 Å². The number of ketones is 1. The zero-order valence-corrected chi connectivity index (χ0v) is 12.1. The minimum Gasteiger partial charge on any atom is -0.493 e. The predicted octanol–water partition coefficient (Wildman–Crippen LogP) is 1.71. The van der Waals surface area contributed by atoms with Gasteiger partial charge in [0, 0.05) is 11.8 Å². The van der Waals surface area contributed by atoms with E-state index in [4.69, 9.17) is 9.47 Å². The Morgan fingerprint density at radius 1 is 1.26 bits per heavy atom. The Morgan fingerprint density at radius 3 is 2.47 bits per heavy atom. The first-order valence-electron chi connectivity index (χ1n) is 5.83. The Hall–Kier alpha value is -1.56. The summed E-state index contributed by atoms with van der Waals surface area (Å²) in [6.45, 7) is 1.75. The van der Waals surface area contributed by atoms with Crippen molar-refractivity contribution in [3.05, 3.63) is 23.8 Å². The highest BCUT2D eigenvalue weighted by atomic mass is 32.2. The van der Waals surface area contributed by atoms with Crippen LogP contribution in [0.1, 0.15) is 23.7 Å². The van der Waals surface area contributed by atoms with Gasteiger partial charge < -0.3 is 9.47 Å². The van der Waals surface area contributed by atoms with Gasteiger partial charge in [-0.1, -0.05) is 0 Å². The first-order chi connectivity index (χ1) is 8.83. The summed E-state index contributed by atoms with van der Waals surface area (Å²) in [7, 11) is -1.48. The summed E-state index contributed by atoms with van der Waals surface area (Å²) in [6, 6.07) is 4.90. The van der Waals surface area contributed by atoms with Crippen molar-refractivity contribution in [2.45, 2.75) is 13.3 Å². The summed E-state index contributed by atoms with van der Waals surface area (Å²) in [5, 5.41) is 0. The van der Waals surface area contributed by atoms with Crippen LogP contribution in [-0.2, 0) is 9.84 Å². The van der Waals surface area contributed by atoms with Gasteiger partial charge in [-0.2, -0.15) is 0 Å². The van der Waals surface area contributed by atoms with Crippen LogP contribution in [0.25, 0.3) is 0 Å². The Morgan fingerprint density at radius 2 is 1.95 bits per heavy atom. The van der Waals surface area contributed by atoms with Crippen LogP contribution >= 0.6 is 0 Å². The van der Waals surface area contributed by atoms with Gasteiger partial charge in [0.05, 0.1) is 19.5 Å². The minimum absolute atomic E-state index is 0.0538. The molecule has 0 unspecified atom stereocenters. The number of methoxy groups -OCH3 is 1. The molecule has 0 amide bonds. The Bertz CT molecular complexity index is 548. The molecule has 1 aromatic rings. The normalized spacial score (nSPS) is 11.1. The highest BCUT2D eigenvalue weighted by molar-refractivity contribution is 7.90. The van der Waals surface area contributed by atoms with E-state index >= 15 is 0 Å². The van der Waals surface area contributed by atoms with Crippen LogP contribution in [0, 0.1) is 0 Å². The number of Topliss-reactive ketones (excluding diaryl/α,β-unsaturated/α-hetero) is 1. The van der Waals surface area contributed by atoms with Crippen molar-refractivity contribution < 1.29 is 22.7 Å². The molecule has 0 aromatic heterocycles. The lowest BCUT2D eigenvalue weighted by Crippen LogP contribution is -2.08. The maximum absolute atomic E-state index is 11.2. The lowest BCUT2D eigenvalue weighted by atomic mass is 10.1. The van der Waals surface area contributed by atoms with Gasteiger partial charge in [0.25, 0.3) is 0 Å². The predicted molar refractivity (Wildman–Crippen MR) is 72.8 cm³/mol. The number of hydrogen-bond donors (Lipinski definition) is 0. The van der Waals surface area contributed by atoms with Crippen LogP contribution in [0.15, 0.2) is 18.2 Å². The third kappa shape index (κ3) is 5.30. The van der Waals surface area contributed by atoms with Crippen LogP contribution < -0.4 is 9.47 Å². The molecule has 0 aliphatic heterocycles. The van der Waals surface area contributed by atoms with Crippen LogP contribution in [-0.4, -0.2) is 39.9 Å². The van der Waals surface area contributed by atoms with Crippen LogP contribution in [0.2, 0.25) is 0 Å². The van der Waals surface area contributed by atoms with Gasteiger partial charge in [0.15, 0.2) is 17.3 Å². The molecule has 0 radical (unpaired) electrons. The molecule has 0 heterocycles. The third-order valence-electron chi connectivity index (χ3n) is 2.49. The minimum atomic E-state index is -2.97. The number of carbonyl (C=O) groups is 1. The van der Waals surface area contributed by atoms with Crippen molar-refractivity contribution in [3.8, 4) is 11.5 Å². The molecule has 6 heteroatoms. The van der Waals surface area contributed by atoms with E-state index in [1.807, 2.05) is 0 Å². The van der Waals surface area contributed by atoms with E-state index in [1.54, 1.807) is 18.2 Å². The molecule has 1 rings (SSSR count). The summed E-state index contributed by atoms with van der Waals surface area (Å²) in [6.07, 6.45) is 1.60. The maximum atomic E-state index is 11.2. The lowest BCUT2D eigenvalue weighted by molar-refractivity contribution is 0.101. The molecular weight excluding hydrogens is 268 g/mol. The first kappa shape index (κ1) is 15.5. The summed E-state index contributed by atoms with van der Waals surface area (Å²) in [5.41, 5.74) is 0.542. The molecule has 0 atom stereocenters. The Balaban J connectivity index is 2.66. The monoisotopic (exact) mass is 286 g/mol. The first-order valence-corrected chi connectivity index (χ1v) is 7.89. The SMILES string of the molecule is COc1cc(C(C)=O)ccc1OCCCS(C)(=O)=O. The second-order valence-corrected chi connectivity index (χ2v) is 6.51. The van der Waals surface area contributed by atoms with E-state index in [0.29, 0.717) is 23.5 Å². The molecule has 19 heavy (non-hydrogen) atoms. The third-order valence-corrected chi connectivity index (χ3v) is 3.52. The molecule has 0 fully saturated rings. The number of hydrogen-bond acceptors (Lipinski definition) is 5. The molecule has 106 valence electrons. The molecule has 0 N–H and O–H groups in total. The molecule has 0 aliphatic rings. The average molecular weight is 286 g/mol. The standard InChI is InChI=1S/C13H18O5S/c1-10(14)11-5-6-12(13(9-11)17-2)18-7-4-8-19(3,15)16/h5-6,9H,4,7-8H2,1-3H3. The smallest absolute Gasteiger partial charge is 0.161 e. The van der Waals surface area contributed by atoms with Gasteiger partial charge in [-0.05, 0) is 31.5 Å². The van der Waals surface area contributed by atoms with Gasteiger partial charge in [0.2, 0.25) is 0 Å². The van der Waals surface area contributed by atoms with Gasteiger partial charge >= 0.3 is 0 Å². The summed E-state index contributed by atoms with van der Waals surface area (Å²) >= 11 is 0. The Kier molecular flexibility index (Phi) is 5.35. The number of rotatable bonds is 7. The molecular formula is C13H18O5S. The fourth-order valence-corrected chi connectivity index (χ4v) is 2.15. The lowest BCUT2D eigenvalue weighted by Gasteiger charge is -2.11. The van der Waals surface area contributed by atoms with E-state index < -0.39 is 9.84 Å².